The normalized spacial score (nSPS) is 8.92. The summed E-state index contributed by atoms with van der Waals surface area (Å²) in [5.74, 6) is -0.847. The van der Waals surface area contributed by atoms with Gasteiger partial charge >= 0.3 is 5.97 Å². The van der Waals surface area contributed by atoms with Crippen molar-refractivity contribution in [3.05, 3.63) is 29.3 Å². The zero-order chi connectivity index (χ0) is 9.84. The van der Waals surface area contributed by atoms with E-state index < -0.39 is 5.97 Å². The maximum Gasteiger partial charge on any atom is 0.339 e. The van der Waals surface area contributed by atoms with Gasteiger partial charge in [-0.1, -0.05) is 12.5 Å². The summed E-state index contributed by atoms with van der Waals surface area (Å²) < 4.78 is 4.73. The molecule has 0 bridgehead atoms. The molecule has 0 radical (unpaired) electrons. The second-order valence-corrected chi connectivity index (χ2v) is 2.52. The molecule has 0 aliphatic heterocycles. The fraction of sp³-hybridized carbons (Fsp3) is 0.100. The number of carboxylic acid groups (broad SMARTS) is 1. The average molecular weight is 176 g/mol. The Hall–Kier alpha value is -1.95. The predicted molar refractivity (Wildman–Crippen MR) is 47.6 cm³/mol. The zero-order valence-electron chi connectivity index (χ0n) is 7.07. The molecular formula is C10H8O3. The van der Waals surface area contributed by atoms with E-state index in [-0.39, 0.29) is 11.3 Å². The topological polar surface area (TPSA) is 46.5 Å². The van der Waals surface area contributed by atoms with Crippen LogP contribution in [-0.2, 0) is 0 Å². The van der Waals surface area contributed by atoms with Crippen LogP contribution in [0.1, 0.15) is 15.9 Å². The van der Waals surface area contributed by atoms with E-state index in [4.69, 9.17) is 16.3 Å². The van der Waals surface area contributed by atoms with Crippen LogP contribution in [-0.4, -0.2) is 11.1 Å². The minimum absolute atomic E-state index is 0.0727. The van der Waals surface area contributed by atoms with Crippen LogP contribution in [0.3, 0.4) is 0 Å². The Kier molecular flexibility index (Phi) is 2.56. The van der Waals surface area contributed by atoms with Crippen LogP contribution in [0.4, 0.5) is 0 Å². The van der Waals surface area contributed by atoms with Gasteiger partial charge in [0.25, 0.3) is 0 Å². The van der Waals surface area contributed by atoms with E-state index in [1.54, 1.807) is 12.1 Å². The number of carboxylic acids is 1. The van der Waals surface area contributed by atoms with E-state index in [1.165, 1.54) is 6.07 Å². The van der Waals surface area contributed by atoms with Gasteiger partial charge in [0.2, 0.25) is 0 Å². The maximum atomic E-state index is 10.7. The van der Waals surface area contributed by atoms with Gasteiger partial charge < -0.3 is 9.84 Å². The first-order valence-corrected chi connectivity index (χ1v) is 3.61. The lowest BCUT2D eigenvalue weighted by molar-refractivity contribution is 0.0694. The number of aromatic carboxylic acids is 1. The summed E-state index contributed by atoms with van der Waals surface area (Å²) in [4.78, 5) is 10.7. The largest absolute Gasteiger partial charge is 0.478 e. The fourth-order valence-electron chi connectivity index (χ4n) is 0.954. The number of carbonyl (C=O) groups is 1. The van der Waals surface area contributed by atoms with E-state index in [2.05, 4.69) is 0 Å². The van der Waals surface area contributed by atoms with Crippen LogP contribution in [0.2, 0.25) is 0 Å². The van der Waals surface area contributed by atoms with Gasteiger partial charge in [0.05, 0.1) is 0 Å². The molecule has 13 heavy (non-hydrogen) atoms. The van der Waals surface area contributed by atoms with Crippen molar-refractivity contribution in [1.82, 2.24) is 0 Å². The summed E-state index contributed by atoms with van der Waals surface area (Å²) >= 11 is 0. The minimum Gasteiger partial charge on any atom is -0.478 e. The summed E-state index contributed by atoms with van der Waals surface area (Å²) in [6, 6.07) is 4.74. The molecular weight excluding hydrogens is 168 g/mol. The molecule has 0 saturated carbocycles. The molecule has 0 aliphatic carbocycles. The highest BCUT2D eigenvalue weighted by Gasteiger charge is 2.10. The van der Waals surface area contributed by atoms with E-state index in [0.29, 0.717) is 0 Å². The van der Waals surface area contributed by atoms with Gasteiger partial charge in [-0.25, -0.2) is 4.79 Å². The molecule has 0 atom stereocenters. The van der Waals surface area contributed by atoms with Crippen LogP contribution in [0.5, 0.6) is 5.75 Å². The van der Waals surface area contributed by atoms with Gasteiger partial charge in [-0.3, -0.25) is 0 Å². The number of hydrogen-bond acceptors (Lipinski definition) is 2. The van der Waals surface area contributed by atoms with Gasteiger partial charge in [0.15, 0.2) is 5.75 Å². The highest BCUT2D eigenvalue weighted by molar-refractivity contribution is 5.91. The van der Waals surface area contributed by atoms with Crippen LogP contribution in [0.25, 0.3) is 0 Å². The zero-order valence-corrected chi connectivity index (χ0v) is 7.07. The second-order valence-electron chi connectivity index (χ2n) is 2.52. The third-order valence-electron chi connectivity index (χ3n) is 1.54. The lowest BCUT2D eigenvalue weighted by atomic mass is 10.1. The van der Waals surface area contributed by atoms with E-state index in [1.807, 2.05) is 13.0 Å². The molecule has 66 valence electrons. The van der Waals surface area contributed by atoms with Gasteiger partial charge in [-0.2, -0.15) is 0 Å². The van der Waals surface area contributed by atoms with Crippen LogP contribution >= 0.6 is 0 Å². The maximum absolute atomic E-state index is 10.7. The first-order valence-electron chi connectivity index (χ1n) is 3.61. The summed E-state index contributed by atoms with van der Waals surface area (Å²) in [5, 5.41) is 8.73. The first-order chi connectivity index (χ1) is 6.15. The number of aryl methyl sites for hydroxylation is 1. The molecule has 0 saturated heterocycles. The summed E-state index contributed by atoms with van der Waals surface area (Å²) in [7, 11) is 0. The Balaban J connectivity index is 3.20. The van der Waals surface area contributed by atoms with Crippen molar-refractivity contribution < 1.29 is 14.6 Å². The van der Waals surface area contributed by atoms with Crippen LogP contribution in [0.15, 0.2) is 18.2 Å². The van der Waals surface area contributed by atoms with Gasteiger partial charge in [0.1, 0.15) is 11.7 Å². The molecule has 0 fully saturated rings. The Bertz CT molecular complexity index is 374. The summed E-state index contributed by atoms with van der Waals surface area (Å²) in [5.41, 5.74) is 0.971. The molecule has 1 rings (SSSR count). The minimum atomic E-state index is -1.05. The van der Waals surface area contributed by atoms with E-state index in [0.717, 1.165) is 5.56 Å². The van der Waals surface area contributed by atoms with Crippen molar-refractivity contribution in [3.63, 3.8) is 0 Å². The third-order valence-corrected chi connectivity index (χ3v) is 1.54. The summed E-state index contributed by atoms with van der Waals surface area (Å²) in [6.07, 6.45) is 6.86. The molecule has 0 unspecified atom stereocenters. The Morgan fingerprint density at radius 3 is 2.85 bits per heavy atom. The molecule has 3 nitrogen and oxygen atoms in total. The highest BCUT2D eigenvalue weighted by atomic mass is 16.5. The molecule has 0 aromatic heterocycles. The average Bonchev–Trinajstić information content (AvgIpc) is 2.04. The number of benzene rings is 1. The van der Waals surface area contributed by atoms with E-state index in [9.17, 15) is 4.79 Å². The SMILES string of the molecule is C#COc1cc(C)ccc1C(=O)O. The van der Waals surface area contributed by atoms with Crippen molar-refractivity contribution in [3.8, 4) is 18.3 Å². The standard InChI is InChI=1S/C10H8O3/c1-3-13-9-6-7(2)4-5-8(9)10(11)12/h1,4-6H,2H3,(H,11,12). The number of ether oxygens (including phenoxy) is 1. The quantitative estimate of drug-likeness (QED) is 0.697. The monoisotopic (exact) mass is 176 g/mol. The molecule has 0 aliphatic rings. The van der Waals surface area contributed by atoms with Gasteiger partial charge in [0, 0.05) is 0 Å². The summed E-state index contributed by atoms with van der Waals surface area (Å²) in [6.45, 7) is 1.83. The molecule has 1 aromatic rings. The Labute approximate surface area is 76.0 Å². The van der Waals surface area contributed by atoms with Gasteiger partial charge in [-0.05, 0) is 24.6 Å². The lowest BCUT2D eigenvalue weighted by Crippen LogP contribution is -2.00. The Morgan fingerprint density at radius 2 is 2.31 bits per heavy atom. The van der Waals surface area contributed by atoms with Crippen molar-refractivity contribution >= 4 is 5.97 Å². The number of terminal acetylenes is 1. The van der Waals surface area contributed by atoms with Crippen LogP contribution < -0.4 is 4.74 Å². The molecule has 0 spiro atoms. The highest BCUT2D eigenvalue weighted by Crippen LogP contribution is 2.19. The van der Waals surface area contributed by atoms with Crippen molar-refractivity contribution in [2.24, 2.45) is 0 Å². The van der Waals surface area contributed by atoms with Crippen LogP contribution in [0, 0.1) is 19.5 Å². The Morgan fingerprint density at radius 1 is 1.62 bits per heavy atom. The third kappa shape index (κ3) is 2.00. The fourth-order valence-corrected chi connectivity index (χ4v) is 0.954. The number of rotatable bonds is 2. The van der Waals surface area contributed by atoms with E-state index >= 15 is 0 Å². The molecule has 0 heterocycles. The second kappa shape index (κ2) is 3.63. The lowest BCUT2D eigenvalue weighted by Gasteiger charge is -2.03. The molecule has 3 heteroatoms. The van der Waals surface area contributed by atoms with Crippen molar-refractivity contribution in [2.45, 2.75) is 6.92 Å². The molecule has 1 N–H and O–H groups in total. The molecule has 0 amide bonds. The first kappa shape index (κ1) is 9.14. The smallest absolute Gasteiger partial charge is 0.339 e. The predicted octanol–water partition coefficient (Wildman–Crippen LogP) is 1.66. The van der Waals surface area contributed by atoms with Crippen molar-refractivity contribution in [1.29, 1.82) is 0 Å². The van der Waals surface area contributed by atoms with Crippen molar-refractivity contribution in [2.75, 3.05) is 0 Å². The molecule has 1 aromatic carbocycles. The van der Waals surface area contributed by atoms with Gasteiger partial charge in [-0.15, -0.1) is 0 Å². The number of hydrogen-bond donors (Lipinski definition) is 1.